The Morgan fingerprint density at radius 3 is 0.866 bits per heavy atom. The predicted octanol–water partition coefficient (Wildman–Crippen LogP) is 24.5. The normalized spacial score (nSPS) is 12.6. The molecule has 0 rings (SSSR count). The molecule has 6 heteroatoms. The Bertz CT molecular complexity index is 1280. The van der Waals surface area contributed by atoms with E-state index in [0.717, 1.165) is 38.5 Å². The van der Waals surface area contributed by atoms with Gasteiger partial charge in [-0.05, 0) is 57.8 Å². The average molecular weight is 1160 g/mol. The van der Waals surface area contributed by atoms with Gasteiger partial charge in [-0.15, -0.1) is 0 Å². The molecule has 82 heavy (non-hydrogen) atoms. The van der Waals surface area contributed by atoms with Crippen molar-refractivity contribution in [3.8, 4) is 0 Å². The van der Waals surface area contributed by atoms with Crippen molar-refractivity contribution in [1.29, 1.82) is 0 Å². The third-order valence-corrected chi connectivity index (χ3v) is 17.7. The lowest BCUT2D eigenvalue weighted by Crippen LogP contribution is -2.45. The van der Waals surface area contributed by atoms with Crippen LogP contribution in [0.2, 0.25) is 0 Å². The Kier molecular flexibility index (Phi) is 70.4. The summed E-state index contributed by atoms with van der Waals surface area (Å²) in [5.74, 6) is -0.0433. The second-order valence-electron chi connectivity index (χ2n) is 26.0. The standard InChI is InChI=1S/C76H147NO5/c1-3-5-7-9-11-13-15-17-18-19-20-21-30-33-36-39-42-45-48-52-56-60-64-68-74(79)73(72-78)77-75(80)69-65-61-57-53-49-46-43-40-37-34-31-28-26-24-22-23-25-27-29-32-35-38-41-44-47-51-55-59-63-67-71-82-76(81)70-66-62-58-54-50-16-14-12-10-8-6-4-2/h23,25,64,68,73-74,78-79H,3-22,24,26-63,65-67,69-72H2,1-2H3,(H,77,80)/b25-23-,68-64+. The van der Waals surface area contributed by atoms with Crippen molar-refractivity contribution in [3.63, 3.8) is 0 Å². The number of hydrogen-bond acceptors (Lipinski definition) is 5. The van der Waals surface area contributed by atoms with Gasteiger partial charge < -0.3 is 20.3 Å². The van der Waals surface area contributed by atoms with E-state index in [4.69, 9.17) is 4.74 Å². The van der Waals surface area contributed by atoms with E-state index < -0.39 is 12.1 Å². The molecular weight excluding hydrogens is 1010 g/mol. The van der Waals surface area contributed by atoms with E-state index in [1.54, 1.807) is 6.08 Å². The lowest BCUT2D eigenvalue weighted by molar-refractivity contribution is -0.143. The van der Waals surface area contributed by atoms with Gasteiger partial charge in [-0.25, -0.2) is 0 Å². The van der Waals surface area contributed by atoms with Crippen molar-refractivity contribution < 1.29 is 24.5 Å². The maximum absolute atomic E-state index is 12.5. The Morgan fingerprint density at radius 1 is 0.329 bits per heavy atom. The van der Waals surface area contributed by atoms with Crippen LogP contribution in [0.3, 0.4) is 0 Å². The fourth-order valence-electron chi connectivity index (χ4n) is 12.0. The highest BCUT2D eigenvalue weighted by molar-refractivity contribution is 5.76. The van der Waals surface area contributed by atoms with E-state index in [9.17, 15) is 19.8 Å². The summed E-state index contributed by atoms with van der Waals surface area (Å²) in [5.41, 5.74) is 0. The Morgan fingerprint density at radius 2 is 0.573 bits per heavy atom. The minimum Gasteiger partial charge on any atom is -0.466 e. The molecule has 3 N–H and O–H groups in total. The number of aliphatic hydroxyl groups excluding tert-OH is 2. The molecule has 0 fully saturated rings. The smallest absolute Gasteiger partial charge is 0.305 e. The maximum atomic E-state index is 12.5. The number of esters is 1. The SMILES string of the molecule is CCCCCCCCCCCCCCCCCCCCCCC/C=C/C(O)C(CO)NC(=O)CCCCCCCCCCCCCCCC/C=C\CCCCCCCCCCCCCCOC(=O)CCCCCCCCCCCCCC. The van der Waals surface area contributed by atoms with Crippen molar-refractivity contribution in [2.75, 3.05) is 13.2 Å². The first-order valence-electron chi connectivity index (χ1n) is 37.6. The number of carbonyl (C=O) groups is 2. The van der Waals surface area contributed by atoms with Gasteiger partial charge in [-0.3, -0.25) is 9.59 Å². The van der Waals surface area contributed by atoms with Crippen LogP contribution in [0.1, 0.15) is 425 Å². The van der Waals surface area contributed by atoms with Gasteiger partial charge >= 0.3 is 5.97 Å². The zero-order valence-corrected chi connectivity index (χ0v) is 55.8. The number of nitrogens with one attached hydrogen (secondary N) is 1. The number of carbonyl (C=O) groups excluding carboxylic acids is 2. The number of allylic oxidation sites excluding steroid dienone is 3. The minimum atomic E-state index is -0.845. The molecule has 6 nitrogen and oxygen atoms in total. The highest BCUT2D eigenvalue weighted by Crippen LogP contribution is 2.19. The topological polar surface area (TPSA) is 95.9 Å². The molecule has 0 saturated carbocycles. The first-order valence-corrected chi connectivity index (χ1v) is 37.6. The zero-order chi connectivity index (χ0) is 59.2. The first kappa shape index (κ1) is 80.3. The van der Waals surface area contributed by atoms with Crippen LogP contribution in [0, 0.1) is 0 Å². The quantitative estimate of drug-likeness (QED) is 0.0320. The summed E-state index contributed by atoms with van der Waals surface area (Å²) >= 11 is 0. The summed E-state index contributed by atoms with van der Waals surface area (Å²) in [6, 6.07) is -0.628. The van der Waals surface area contributed by atoms with Gasteiger partial charge in [-0.1, -0.05) is 378 Å². The van der Waals surface area contributed by atoms with Gasteiger partial charge in [0, 0.05) is 12.8 Å². The van der Waals surface area contributed by atoms with Gasteiger partial charge in [0.1, 0.15) is 0 Å². The second-order valence-corrected chi connectivity index (χ2v) is 26.0. The summed E-state index contributed by atoms with van der Waals surface area (Å²) in [5, 5.41) is 23.3. The van der Waals surface area contributed by atoms with Crippen molar-refractivity contribution in [2.45, 2.75) is 437 Å². The number of aliphatic hydroxyl groups is 2. The summed E-state index contributed by atoms with van der Waals surface area (Å²) in [7, 11) is 0. The van der Waals surface area contributed by atoms with Crippen LogP contribution in [0.25, 0.3) is 0 Å². The van der Waals surface area contributed by atoms with Crippen LogP contribution in [0.4, 0.5) is 0 Å². The molecule has 486 valence electrons. The van der Waals surface area contributed by atoms with Crippen molar-refractivity contribution in [2.24, 2.45) is 0 Å². The summed E-state index contributed by atoms with van der Waals surface area (Å²) in [4.78, 5) is 24.6. The van der Waals surface area contributed by atoms with E-state index in [1.807, 2.05) is 6.08 Å². The lowest BCUT2D eigenvalue weighted by Gasteiger charge is -2.20. The van der Waals surface area contributed by atoms with Crippen LogP contribution >= 0.6 is 0 Å². The summed E-state index contributed by atoms with van der Waals surface area (Å²) in [6.45, 7) is 4.95. The minimum absolute atomic E-state index is 0.0183. The predicted molar refractivity (Wildman–Crippen MR) is 361 cm³/mol. The van der Waals surface area contributed by atoms with Gasteiger partial charge in [-0.2, -0.15) is 0 Å². The molecule has 0 bridgehead atoms. The van der Waals surface area contributed by atoms with Gasteiger partial charge in [0.25, 0.3) is 0 Å². The van der Waals surface area contributed by atoms with E-state index in [-0.39, 0.29) is 18.5 Å². The number of ether oxygens (including phenoxy) is 1. The van der Waals surface area contributed by atoms with Crippen molar-refractivity contribution >= 4 is 11.9 Å². The average Bonchev–Trinajstić information content (AvgIpc) is 3.48. The monoisotopic (exact) mass is 1150 g/mol. The molecule has 0 saturated heterocycles. The van der Waals surface area contributed by atoms with E-state index in [2.05, 4.69) is 31.3 Å². The molecular formula is C76H147NO5. The molecule has 0 aromatic heterocycles. The van der Waals surface area contributed by atoms with Gasteiger partial charge in [0.05, 0.1) is 25.4 Å². The molecule has 2 unspecified atom stereocenters. The fraction of sp³-hybridized carbons (Fsp3) is 0.921. The summed E-state index contributed by atoms with van der Waals surface area (Å²) in [6.07, 6.45) is 91.4. The molecule has 2 atom stereocenters. The molecule has 0 aromatic rings. The van der Waals surface area contributed by atoms with Crippen LogP contribution in [0.15, 0.2) is 24.3 Å². The zero-order valence-electron chi connectivity index (χ0n) is 55.8. The largest absolute Gasteiger partial charge is 0.466 e. The van der Waals surface area contributed by atoms with Crippen molar-refractivity contribution in [1.82, 2.24) is 5.32 Å². The number of hydrogen-bond donors (Lipinski definition) is 3. The molecule has 0 heterocycles. The van der Waals surface area contributed by atoms with E-state index >= 15 is 0 Å². The molecule has 0 aliphatic rings. The second kappa shape index (κ2) is 71.8. The first-order chi connectivity index (χ1) is 40.5. The highest BCUT2D eigenvalue weighted by atomic mass is 16.5. The van der Waals surface area contributed by atoms with Gasteiger partial charge in [0.2, 0.25) is 5.91 Å². The van der Waals surface area contributed by atoms with Crippen LogP contribution in [-0.4, -0.2) is 47.4 Å². The lowest BCUT2D eigenvalue weighted by atomic mass is 10.0. The molecule has 0 spiro atoms. The Labute approximate surface area is 513 Å². The third-order valence-electron chi connectivity index (χ3n) is 17.7. The fourth-order valence-corrected chi connectivity index (χ4v) is 12.0. The Hall–Kier alpha value is -1.66. The van der Waals surface area contributed by atoms with E-state index in [1.165, 1.54) is 360 Å². The maximum Gasteiger partial charge on any atom is 0.305 e. The molecule has 1 amide bonds. The number of amides is 1. The molecule has 0 aliphatic heterocycles. The molecule has 0 aromatic carbocycles. The number of unbranched alkanes of at least 4 members (excludes halogenated alkanes) is 58. The third kappa shape index (κ3) is 67.5. The van der Waals surface area contributed by atoms with E-state index in [0.29, 0.717) is 19.4 Å². The summed E-state index contributed by atoms with van der Waals surface area (Å²) < 4.78 is 5.48. The van der Waals surface area contributed by atoms with Crippen LogP contribution < -0.4 is 5.32 Å². The number of rotatable bonds is 71. The van der Waals surface area contributed by atoms with Crippen LogP contribution in [-0.2, 0) is 14.3 Å². The highest BCUT2D eigenvalue weighted by Gasteiger charge is 2.18. The molecule has 0 radical (unpaired) electrons. The Balaban J connectivity index is 3.39. The molecule has 0 aliphatic carbocycles. The van der Waals surface area contributed by atoms with Gasteiger partial charge in [0.15, 0.2) is 0 Å². The van der Waals surface area contributed by atoms with Crippen molar-refractivity contribution in [3.05, 3.63) is 24.3 Å². The van der Waals surface area contributed by atoms with Crippen LogP contribution in [0.5, 0.6) is 0 Å².